The van der Waals surface area contributed by atoms with Crippen LogP contribution >= 0.6 is 0 Å². The summed E-state index contributed by atoms with van der Waals surface area (Å²) in [4.78, 5) is 18.5. The first kappa shape index (κ1) is 18.2. The Morgan fingerprint density at radius 3 is 2.77 bits per heavy atom. The number of nitrogens with one attached hydrogen (secondary N) is 2. The Labute approximate surface area is 150 Å². The Balaban J connectivity index is 1.56. The van der Waals surface area contributed by atoms with Crippen molar-refractivity contribution in [2.24, 2.45) is 0 Å². The molecule has 0 radical (unpaired) electrons. The number of nitrogens with zero attached hydrogens (tertiary/aromatic N) is 2. The van der Waals surface area contributed by atoms with Crippen molar-refractivity contribution in [1.82, 2.24) is 15.2 Å². The lowest BCUT2D eigenvalue weighted by Gasteiger charge is -2.26. The SMILES string of the molecule is O=C(NCCN1CCOCC1)c1cc(Nc2ccc(F)cc2F)ccn1. The number of rotatable bonds is 6. The molecule has 1 fully saturated rings. The Hall–Kier alpha value is -2.58. The number of hydrogen-bond acceptors (Lipinski definition) is 5. The summed E-state index contributed by atoms with van der Waals surface area (Å²) < 4.78 is 32.0. The number of benzene rings is 1. The molecule has 0 saturated carbocycles. The molecule has 3 rings (SSSR count). The van der Waals surface area contributed by atoms with Gasteiger partial charge in [0.1, 0.15) is 17.3 Å². The third kappa shape index (κ3) is 4.96. The number of hydrogen-bond donors (Lipinski definition) is 2. The van der Waals surface area contributed by atoms with Gasteiger partial charge in [0.2, 0.25) is 0 Å². The minimum absolute atomic E-state index is 0.122. The molecule has 0 bridgehead atoms. The molecule has 6 nitrogen and oxygen atoms in total. The third-order valence-electron chi connectivity index (χ3n) is 4.02. The van der Waals surface area contributed by atoms with Crippen molar-refractivity contribution in [3.63, 3.8) is 0 Å². The van der Waals surface area contributed by atoms with Gasteiger partial charge >= 0.3 is 0 Å². The molecular formula is C18H20F2N4O2. The van der Waals surface area contributed by atoms with Crippen molar-refractivity contribution in [2.75, 3.05) is 44.7 Å². The highest BCUT2D eigenvalue weighted by Gasteiger charge is 2.12. The first-order valence-corrected chi connectivity index (χ1v) is 8.38. The summed E-state index contributed by atoms with van der Waals surface area (Å²) in [5.41, 5.74) is 0.833. The summed E-state index contributed by atoms with van der Waals surface area (Å²) in [6.45, 7) is 4.39. The average Bonchev–Trinajstić information content (AvgIpc) is 2.65. The number of pyridine rings is 1. The van der Waals surface area contributed by atoms with E-state index >= 15 is 0 Å². The van der Waals surface area contributed by atoms with E-state index in [9.17, 15) is 13.6 Å². The van der Waals surface area contributed by atoms with Crippen LogP contribution in [-0.2, 0) is 4.74 Å². The summed E-state index contributed by atoms with van der Waals surface area (Å²) >= 11 is 0. The van der Waals surface area contributed by atoms with E-state index < -0.39 is 11.6 Å². The van der Waals surface area contributed by atoms with Gasteiger partial charge in [-0.15, -0.1) is 0 Å². The minimum Gasteiger partial charge on any atom is -0.379 e. The molecule has 1 aromatic carbocycles. The lowest BCUT2D eigenvalue weighted by atomic mass is 10.2. The van der Waals surface area contributed by atoms with E-state index in [2.05, 4.69) is 20.5 Å². The fourth-order valence-corrected chi connectivity index (χ4v) is 2.62. The van der Waals surface area contributed by atoms with Crippen LogP contribution < -0.4 is 10.6 Å². The molecule has 0 atom stereocenters. The maximum atomic E-state index is 13.7. The van der Waals surface area contributed by atoms with Crippen molar-refractivity contribution in [3.05, 3.63) is 53.9 Å². The molecule has 138 valence electrons. The zero-order valence-electron chi connectivity index (χ0n) is 14.2. The molecule has 2 aromatic rings. The minimum atomic E-state index is -0.710. The third-order valence-corrected chi connectivity index (χ3v) is 4.02. The topological polar surface area (TPSA) is 66.5 Å². The van der Waals surface area contributed by atoms with Gasteiger partial charge in [0, 0.05) is 44.1 Å². The van der Waals surface area contributed by atoms with Crippen LogP contribution in [0.25, 0.3) is 0 Å². The van der Waals surface area contributed by atoms with Crippen molar-refractivity contribution < 1.29 is 18.3 Å². The first-order valence-electron chi connectivity index (χ1n) is 8.38. The molecule has 0 aliphatic carbocycles. The molecule has 0 unspecified atom stereocenters. The van der Waals surface area contributed by atoms with Crippen molar-refractivity contribution in [3.8, 4) is 0 Å². The van der Waals surface area contributed by atoms with Crippen molar-refractivity contribution in [1.29, 1.82) is 0 Å². The van der Waals surface area contributed by atoms with Gasteiger partial charge in [0.15, 0.2) is 0 Å². The molecule has 2 heterocycles. The van der Waals surface area contributed by atoms with E-state index in [1.54, 1.807) is 6.07 Å². The zero-order chi connectivity index (χ0) is 18.4. The number of amides is 1. The summed E-state index contributed by atoms with van der Waals surface area (Å²) in [5, 5.41) is 5.64. The normalized spacial score (nSPS) is 14.8. The van der Waals surface area contributed by atoms with Crippen molar-refractivity contribution in [2.45, 2.75) is 0 Å². The Bertz CT molecular complexity index is 767. The maximum absolute atomic E-state index is 13.7. The summed E-state index contributed by atoms with van der Waals surface area (Å²) in [5.74, 6) is -1.66. The second-order valence-electron chi connectivity index (χ2n) is 5.89. The highest BCUT2D eigenvalue weighted by Crippen LogP contribution is 2.20. The second-order valence-corrected chi connectivity index (χ2v) is 5.89. The number of morpholine rings is 1. The first-order chi connectivity index (χ1) is 12.6. The van der Waals surface area contributed by atoms with E-state index in [1.165, 1.54) is 18.3 Å². The largest absolute Gasteiger partial charge is 0.379 e. The standard InChI is InChI=1S/C18H20F2N4O2/c19-13-1-2-16(15(20)11-13)23-14-3-4-21-17(12-14)18(25)22-5-6-24-7-9-26-10-8-24/h1-4,11-12H,5-10H2,(H,21,23)(H,22,25). The number of aromatic nitrogens is 1. The lowest BCUT2D eigenvalue weighted by molar-refractivity contribution is 0.0383. The van der Waals surface area contributed by atoms with Crippen LogP contribution in [0.3, 0.4) is 0 Å². The van der Waals surface area contributed by atoms with Gasteiger partial charge in [0.05, 0.1) is 18.9 Å². The Morgan fingerprint density at radius 1 is 1.19 bits per heavy atom. The number of ether oxygens (including phenoxy) is 1. The molecular weight excluding hydrogens is 342 g/mol. The number of carbonyl (C=O) groups is 1. The summed E-state index contributed by atoms with van der Waals surface area (Å²) in [7, 11) is 0. The van der Waals surface area contributed by atoms with Crippen LogP contribution in [0.2, 0.25) is 0 Å². The molecule has 1 aromatic heterocycles. The van der Waals surface area contributed by atoms with Crippen LogP contribution in [-0.4, -0.2) is 55.2 Å². The number of halogens is 2. The van der Waals surface area contributed by atoms with Crippen molar-refractivity contribution >= 4 is 17.3 Å². The molecule has 1 saturated heterocycles. The predicted octanol–water partition coefficient (Wildman–Crippen LogP) is 2.17. The molecule has 1 aliphatic rings. The quantitative estimate of drug-likeness (QED) is 0.824. The monoisotopic (exact) mass is 362 g/mol. The van der Waals surface area contributed by atoms with E-state index in [0.29, 0.717) is 25.4 Å². The zero-order valence-corrected chi connectivity index (χ0v) is 14.2. The van der Waals surface area contributed by atoms with Crippen LogP contribution in [0, 0.1) is 11.6 Å². The fraction of sp³-hybridized carbons (Fsp3) is 0.333. The van der Waals surface area contributed by atoms with Gasteiger partial charge in [-0.2, -0.15) is 0 Å². The van der Waals surface area contributed by atoms with Gasteiger partial charge < -0.3 is 15.4 Å². The van der Waals surface area contributed by atoms with Gasteiger partial charge in [0.25, 0.3) is 5.91 Å². The average molecular weight is 362 g/mol. The highest BCUT2D eigenvalue weighted by molar-refractivity contribution is 5.93. The van der Waals surface area contributed by atoms with E-state index in [1.807, 2.05) is 0 Å². The fourth-order valence-electron chi connectivity index (χ4n) is 2.62. The van der Waals surface area contributed by atoms with E-state index in [0.717, 1.165) is 31.8 Å². The van der Waals surface area contributed by atoms with Crippen LogP contribution in [0.1, 0.15) is 10.5 Å². The number of carbonyl (C=O) groups excluding carboxylic acids is 1. The molecule has 0 spiro atoms. The lowest BCUT2D eigenvalue weighted by Crippen LogP contribution is -2.41. The van der Waals surface area contributed by atoms with E-state index in [-0.39, 0.29) is 17.3 Å². The number of anilines is 2. The molecule has 8 heteroatoms. The predicted molar refractivity (Wildman–Crippen MR) is 93.5 cm³/mol. The van der Waals surface area contributed by atoms with Gasteiger partial charge in [-0.3, -0.25) is 14.7 Å². The highest BCUT2D eigenvalue weighted by atomic mass is 19.1. The van der Waals surface area contributed by atoms with Crippen LogP contribution in [0.15, 0.2) is 36.5 Å². The summed E-state index contributed by atoms with van der Waals surface area (Å²) in [6.07, 6.45) is 1.46. The van der Waals surface area contributed by atoms with Crippen LogP contribution in [0.4, 0.5) is 20.2 Å². The molecule has 26 heavy (non-hydrogen) atoms. The molecule has 2 N–H and O–H groups in total. The van der Waals surface area contributed by atoms with Gasteiger partial charge in [-0.25, -0.2) is 8.78 Å². The molecule has 1 amide bonds. The maximum Gasteiger partial charge on any atom is 0.269 e. The Kier molecular flexibility index (Phi) is 6.08. The van der Waals surface area contributed by atoms with Gasteiger partial charge in [-0.05, 0) is 24.3 Å². The molecule has 1 aliphatic heterocycles. The Morgan fingerprint density at radius 2 is 2.00 bits per heavy atom. The van der Waals surface area contributed by atoms with Crippen LogP contribution in [0.5, 0.6) is 0 Å². The smallest absolute Gasteiger partial charge is 0.269 e. The van der Waals surface area contributed by atoms with E-state index in [4.69, 9.17) is 4.74 Å². The van der Waals surface area contributed by atoms with Gasteiger partial charge in [-0.1, -0.05) is 0 Å². The summed E-state index contributed by atoms with van der Waals surface area (Å²) in [6, 6.07) is 6.38. The second kappa shape index (κ2) is 8.68.